The fourth-order valence-electron chi connectivity index (χ4n) is 0.529. The van der Waals surface area contributed by atoms with Crippen LogP contribution < -0.4 is 5.32 Å². The molecule has 1 aromatic rings. The van der Waals surface area contributed by atoms with Gasteiger partial charge in [0.2, 0.25) is 6.41 Å². The summed E-state index contributed by atoms with van der Waals surface area (Å²) in [7, 11) is 0. The third-order valence-electron chi connectivity index (χ3n) is 1.16. The molecule has 0 aliphatic carbocycles. The molecule has 0 saturated carbocycles. The largest absolute Gasteiger partial charge is 0.479 e. The van der Waals surface area contributed by atoms with Crippen LogP contribution in [0.3, 0.4) is 0 Å². The molecule has 6 nitrogen and oxygen atoms in total. The molecule has 1 heterocycles. The number of nitrogens with zero attached hydrogens (tertiary/aromatic N) is 1. The van der Waals surface area contributed by atoms with Crippen molar-refractivity contribution in [2.24, 2.45) is 0 Å². The molecule has 0 spiro atoms. The molecule has 14 heavy (non-hydrogen) atoms. The first-order chi connectivity index (χ1) is 6.72. The van der Waals surface area contributed by atoms with E-state index in [1.807, 2.05) is 5.32 Å². The Morgan fingerprint density at radius 3 is 2.57 bits per heavy atom. The van der Waals surface area contributed by atoms with E-state index in [0.29, 0.717) is 6.41 Å². The number of hydrogen-bond acceptors (Lipinski definition) is 3. The Kier molecular flexibility index (Phi) is 6.40. The molecular formula is C8H11N3O3. The van der Waals surface area contributed by atoms with E-state index in [-0.39, 0.29) is 0 Å². The van der Waals surface area contributed by atoms with Gasteiger partial charge in [0.05, 0.1) is 6.33 Å². The molecule has 0 aliphatic rings. The number of aromatic nitrogens is 2. The van der Waals surface area contributed by atoms with Gasteiger partial charge in [-0.2, -0.15) is 0 Å². The third-order valence-corrected chi connectivity index (χ3v) is 1.16. The van der Waals surface area contributed by atoms with E-state index in [0.717, 1.165) is 6.08 Å². The van der Waals surface area contributed by atoms with Crippen LogP contribution in [-0.2, 0) is 9.59 Å². The Morgan fingerprint density at radius 1 is 1.71 bits per heavy atom. The molecular weight excluding hydrogens is 186 g/mol. The zero-order valence-corrected chi connectivity index (χ0v) is 7.38. The lowest BCUT2D eigenvalue weighted by molar-refractivity contribution is -0.139. The van der Waals surface area contributed by atoms with Crippen LogP contribution in [0.1, 0.15) is 0 Å². The smallest absolute Gasteiger partial charge is 0.330 e. The maximum atomic E-state index is 10.0. The minimum atomic E-state index is -1.11. The van der Waals surface area contributed by atoms with Gasteiger partial charge in [0.15, 0.2) is 0 Å². The van der Waals surface area contributed by atoms with Crippen LogP contribution in [0.4, 0.5) is 0 Å². The summed E-state index contributed by atoms with van der Waals surface area (Å²) in [5, 5.41) is 10.2. The number of carbonyl (C=O) groups is 2. The number of H-pyrrole nitrogens is 1. The average molecular weight is 197 g/mol. The van der Waals surface area contributed by atoms with Gasteiger partial charge < -0.3 is 15.4 Å². The monoisotopic (exact) mass is 197 g/mol. The standard InChI is InChI=1S/C5H7NO3.C3H4N2/c1-2-4(5(8)9)6-3-7;1-2-5-3-4-1/h2-4H,1H2,(H,6,7)(H,8,9);1-3H,(H,4,5). The highest BCUT2D eigenvalue weighted by Crippen LogP contribution is 1.80. The fraction of sp³-hybridized carbons (Fsp3) is 0.125. The summed E-state index contributed by atoms with van der Waals surface area (Å²) in [6.07, 6.45) is 6.54. The normalized spacial score (nSPS) is 10.3. The van der Waals surface area contributed by atoms with Gasteiger partial charge in [-0.3, -0.25) is 4.79 Å². The topological polar surface area (TPSA) is 95.1 Å². The highest BCUT2D eigenvalue weighted by molar-refractivity contribution is 5.78. The second-order valence-electron chi connectivity index (χ2n) is 2.10. The number of hydrogen-bond donors (Lipinski definition) is 3. The number of carboxylic acid groups (broad SMARTS) is 1. The van der Waals surface area contributed by atoms with Crippen molar-refractivity contribution in [1.82, 2.24) is 15.3 Å². The average Bonchev–Trinajstić information content (AvgIpc) is 2.71. The first-order valence-corrected chi connectivity index (χ1v) is 3.70. The third kappa shape index (κ3) is 5.53. The molecule has 1 rings (SSSR count). The summed E-state index contributed by atoms with van der Waals surface area (Å²) in [6, 6.07) is -0.970. The van der Waals surface area contributed by atoms with Crippen molar-refractivity contribution in [2.45, 2.75) is 6.04 Å². The van der Waals surface area contributed by atoms with Crippen molar-refractivity contribution in [3.05, 3.63) is 31.4 Å². The van der Waals surface area contributed by atoms with Gasteiger partial charge in [0.1, 0.15) is 6.04 Å². The van der Waals surface area contributed by atoms with Crippen molar-refractivity contribution in [3.63, 3.8) is 0 Å². The van der Waals surface area contributed by atoms with Crippen LogP contribution in [0.5, 0.6) is 0 Å². The summed E-state index contributed by atoms with van der Waals surface area (Å²) in [6.45, 7) is 3.20. The van der Waals surface area contributed by atoms with Crippen molar-refractivity contribution in [2.75, 3.05) is 0 Å². The quantitative estimate of drug-likeness (QED) is 0.459. The number of carboxylic acids is 1. The predicted molar refractivity (Wildman–Crippen MR) is 49.4 cm³/mol. The van der Waals surface area contributed by atoms with Crippen molar-refractivity contribution in [3.8, 4) is 0 Å². The lowest BCUT2D eigenvalue weighted by Gasteiger charge is -2.02. The number of aliphatic carboxylic acids is 1. The summed E-state index contributed by atoms with van der Waals surface area (Å²) >= 11 is 0. The first kappa shape index (κ1) is 11.9. The highest BCUT2D eigenvalue weighted by atomic mass is 16.4. The molecule has 1 aromatic heterocycles. The molecule has 0 bridgehead atoms. The number of imidazole rings is 1. The lowest BCUT2D eigenvalue weighted by Crippen LogP contribution is -2.33. The van der Waals surface area contributed by atoms with Crippen molar-refractivity contribution < 1.29 is 14.7 Å². The second kappa shape index (κ2) is 7.53. The Balaban J connectivity index is 0.000000280. The number of rotatable bonds is 4. The number of aromatic amines is 1. The molecule has 1 amide bonds. The SMILES string of the molecule is C=CC(NC=O)C(=O)O.c1c[nH]cn1. The molecule has 1 unspecified atom stereocenters. The Hall–Kier alpha value is -2.11. The van der Waals surface area contributed by atoms with Crippen LogP contribution in [0.15, 0.2) is 31.4 Å². The van der Waals surface area contributed by atoms with Gasteiger partial charge in [-0.15, -0.1) is 6.58 Å². The molecule has 76 valence electrons. The van der Waals surface area contributed by atoms with Gasteiger partial charge in [-0.05, 0) is 0 Å². The highest BCUT2D eigenvalue weighted by Gasteiger charge is 2.09. The molecule has 0 fully saturated rings. The lowest BCUT2D eigenvalue weighted by atomic mass is 10.3. The summed E-state index contributed by atoms with van der Waals surface area (Å²) in [4.78, 5) is 26.1. The number of nitrogens with one attached hydrogen (secondary N) is 2. The molecule has 0 aliphatic heterocycles. The summed E-state index contributed by atoms with van der Waals surface area (Å²) in [5.41, 5.74) is 0. The van der Waals surface area contributed by atoms with E-state index in [9.17, 15) is 9.59 Å². The van der Waals surface area contributed by atoms with Crippen LogP contribution in [0.2, 0.25) is 0 Å². The van der Waals surface area contributed by atoms with Crippen LogP contribution in [0, 0.1) is 0 Å². The number of carbonyl (C=O) groups excluding carboxylic acids is 1. The second-order valence-corrected chi connectivity index (χ2v) is 2.10. The molecule has 6 heteroatoms. The molecule has 0 aromatic carbocycles. The van der Waals surface area contributed by atoms with Crippen LogP contribution in [0.25, 0.3) is 0 Å². The predicted octanol–water partition coefficient (Wildman–Crippen LogP) is -0.219. The Bertz CT molecular complexity index is 254. The summed E-state index contributed by atoms with van der Waals surface area (Å²) in [5.74, 6) is -1.11. The van der Waals surface area contributed by atoms with Crippen LogP contribution in [-0.4, -0.2) is 33.5 Å². The maximum Gasteiger partial charge on any atom is 0.330 e. The van der Waals surface area contributed by atoms with Crippen molar-refractivity contribution >= 4 is 12.4 Å². The van der Waals surface area contributed by atoms with Gasteiger partial charge in [-0.25, -0.2) is 9.78 Å². The minimum absolute atomic E-state index is 0.320. The van der Waals surface area contributed by atoms with E-state index in [2.05, 4.69) is 16.5 Å². The van der Waals surface area contributed by atoms with E-state index >= 15 is 0 Å². The van der Waals surface area contributed by atoms with Gasteiger partial charge in [0, 0.05) is 12.4 Å². The fourth-order valence-corrected chi connectivity index (χ4v) is 0.529. The van der Waals surface area contributed by atoms with E-state index in [4.69, 9.17) is 5.11 Å². The van der Waals surface area contributed by atoms with Gasteiger partial charge in [0.25, 0.3) is 0 Å². The Labute approximate surface area is 80.7 Å². The van der Waals surface area contributed by atoms with Gasteiger partial charge in [-0.1, -0.05) is 6.08 Å². The zero-order chi connectivity index (χ0) is 10.8. The zero-order valence-electron chi connectivity index (χ0n) is 7.38. The maximum absolute atomic E-state index is 10.0. The Morgan fingerprint density at radius 2 is 2.43 bits per heavy atom. The molecule has 1 atom stereocenters. The van der Waals surface area contributed by atoms with Crippen molar-refractivity contribution in [1.29, 1.82) is 0 Å². The molecule has 3 N–H and O–H groups in total. The van der Waals surface area contributed by atoms with Gasteiger partial charge >= 0.3 is 5.97 Å². The molecule has 0 radical (unpaired) electrons. The van der Waals surface area contributed by atoms with E-state index < -0.39 is 12.0 Å². The summed E-state index contributed by atoms with van der Waals surface area (Å²) < 4.78 is 0. The first-order valence-electron chi connectivity index (χ1n) is 3.70. The van der Waals surface area contributed by atoms with E-state index in [1.54, 1.807) is 18.7 Å². The number of amides is 1. The van der Waals surface area contributed by atoms with Crippen LogP contribution >= 0.6 is 0 Å². The minimum Gasteiger partial charge on any atom is -0.479 e. The van der Waals surface area contributed by atoms with E-state index in [1.165, 1.54) is 0 Å². The molecule has 0 saturated heterocycles.